The summed E-state index contributed by atoms with van der Waals surface area (Å²) in [7, 11) is 1.47. The lowest BCUT2D eigenvalue weighted by atomic mass is 9.80. The van der Waals surface area contributed by atoms with Gasteiger partial charge in [-0.1, -0.05) is 6.07 Å². The van der Waals surface area contributed by atoms with Crippen molar-refractivity contribution in [3.63, 3.8) is 0 Å². The highest BCUT2D eigenvalue weighted by molar-refractivity contribution is 6.00. The third-order valence-electron chi connectivity index (χ3n) is 4.92. The third kappa shape index (κ3) is 6.06. The van der Waals surface area contributed by atoms with E-state index in [2.05, 4.69) is 5.32 Å². The second-order valence-corrected chi connectivity index (χ2v) is 7.08. The molecule has 0 unspecified atom stereocenters. The van der Waals surface area contributed by atoms with Crippen molar-refractivity contribution in [3.05, 3.63) is 46.3 Å². The average molecular weight is 462 g/mol. The Bertz CT molecular complexity index is 923. The van der Waals surface area contributed by atoms with Crippen LogP contribution in [0.25, 0.3) is 0 Å². The molecule has 180 valence electrons. The number of hydrogen-bond acceptors (Lipinski definition) is 9. The van der Waals surface area contributed by atoms with Crippen molar-refractivity contribution in [1.29, 1.82) is 0 Å². The lowest BCUT2D eigenvalue weighted by Gasteiger charge is -2.30. The minimum absolute atomic E-state index is 0.177. The largest absolute Gasteiger partial charge is 0.493 e. The minimum atomic E-state index is -0.778. The van der Waals surface area contributed by atoms with Gasteiger partial charge in [-0.3, -0.25) is 0 Å². The smallest absolute Gasteiger partial charge is 0.344 e. The Labute approximate surface area is 193 Å². The fourth-order valence-corrected chi connectivity index (χ4v) is 3.61. The number of carbonyl (C=O) groups is 3. The van der Waals surface area contributed by atoms with Crippen LogP contribution in [0.4, 0.5) is 0 Å². The van der Waals surface area contributed by atoms with Crippen LogP contribution in [-0.2, 0) is 28.6 Å². The quantitative estimate of drug-likeness (QED) is 0.415. The fourth-order valence-electron chi connectivity index (χ4n) is 3.61. The van der Waals surface area contributed by atoms with E-state index in [1.807, 2.05) is 0 Å². The first-order valence-electron chi connectivity index (χ1n) is 10.8. The second-order valence-electron chi connectivity index (χ2n) is 7.08. The maximum atomic E-state index is 12.9. The molecule has 0 fully saturated rings. The second kappa shape index (κ2) is 11.9. The molecule has 0 atom stereocenters. The normalized spacial score (nSPS) is 13.9. The van der Waals surface area contributed by atoms with E-state index in [1.54, 1.807) is 52.8 Å². The van der Waals surface area contributed by atoms with Crippen molar-refractivity contribution in [3.8, 4) is 11.5 Å². The van der Waals surface area contributed by atoms with E-state index in [0.717, 1.165) is 0 Å². The predicted molar refractivity (Wildman–Crippen MR) is 120 cm³/mol. The number of methoxy groups -OCH3 is 1. The van der Waals surface area contributed by atoms with Gasteiger partial charge in [-0.05, 0) is 52.3 Å². The molecule has 1 aromatic rings. The molecular formula is C24H31NO8. The zero-order chi connectivity index (χ0) is 24.5. The maximum absolute atomic E-state index is 12.9. The summed E-state index contributed by atoms with van der Waals surface area (Å²) in [5.74, 6) is -1.76. The number of allylic oxidation sites excluding steroid dienone is 2. The molecule has 2 rings (SSSR count). The van der Waals surface area contributed by atoms with Gasteiger partial charge in [0.15, 0.2) is 18.1 Å². The van der Waals surface area contributed by atoms with E-state index in [0.29, 0.717) is 22.7 Å². The van der Waals surface area contributed by atoms with Gasteiger partial charge in [-0.25, -0.2) is 14.4 Å². The van der Waals surface area contributed by atoms with Gasteiger partial charge in [0, 0.05) is 11.4 Å². The summed E-state index contributed by atoms with van der Waals surface area (Å²) in [5.41, 5.74) is 2.27. The van der Waals surface area contributed by atoms with E-state index in [1.165, 1.54) is 7.11 Å². The van der Waals surface area contributed by atoms with Crippen molar-refractivity contribution in [2.45, 2.75) is 40.5 Å². The monoisotopic (exact) mass is 461 g/mol. The van der Waals surface area contributed by atoms with Gasteiger partial charge in [0.1, 0.15) is 0 Å². The highest BCUT2D eigenvalue weighted by Gasteiger charge is 2.38. The van der Waals surface area contributed by atoms with Crippen molar-refractivity contribution >= 4 is 17.9 Å². The van der Waals surface area contributed by atoms with E-state index in [-0.39, 0.29) is 43.3 Å². The Morgan fingerprint density at radius 2 is 1.39 bits per heavy atom. The molecule has 9 nitrogen and oxygen atoms in total. The van der Waals surface area contributed by atoms with Crippen molar-refractivity contribution in [1.82, 2.24) is 5.32 Å². The summed E-state index contributed by atoms with van der Waals surface area (Å²) in [5, 5.41) is 3.09. The molecule has 33 heavy (non-hydrogen) atoms. The average Bonchev–Trinajstić information content (AvgIpc) is 2.77. The topological polar surface area (TPSA) is 109 Å². The first-order valence-corrected chi connectivity index (χ1v) is 10.8. The summed E-state index contributed by atoms with van der Waals surface area (Å²) < 4.78 is 26.5. The van der Waals surface area contributed by atoms with E-state index < -0.39 is 23.8 Å². The van der Waals surface area contributed by atoms with Gasteiger partial charge in [0.2, 0.25) is 0 Å². The zero-order valence-corrected chi connectivity index (χ0v) is 19.9. The molecule has 1 N–H and O–H groups in total. The number of dihydropyridines is 1. The summed E-state index contributed by atoms with van der Waals surface area (Å²) in [6.07, 6.45) is 0. The van der Waals surface area contributed by atoms with Crippen molar-refractivity contribution in [2.24, 2.45) is 0 Å². The molecule has 0 saturated heterocycles. The van der Waals surface area contributed by atoms with E-state index in [4.69, 9.17) is 23.7 Å². The number of ether oxygens (including phenoxy) is 5. The van der Waals surface area contributed by atoms with Crippen LogP contribution in [0.15, 0.2) is 40.7 Å². The molecule has 1 aliphatic heterocycles. The molecule has 0 spiro atoms. The van der Waals surface area contributed by atoms with Crippen LogP contribution >= 0.6 is 0 Å². The number of nitrogens with one attached hydrogen (secondary N) is 1. The zero-order valence-electron chi connectivity index (χ0n) is 19.9. The van der Waals surface area contributed by atoms with Crippen LogP contribution in [0.3, 0.4) is 0 Å². The molecule has 0 amide bonds. The highest BCUT2D eigenvalue weighted by Crippen LogP contribution is 2.42. The molecular weight excluding hydrogens is 430 g/mol. The Balaban J connectivity index is 2.60. The number of hydrogen-bond donors (Lipinski definition) is 1. The minimum Gasteiger partial charge on any atom is -0.493 e. The molecule has 0 saturated carbocycles. The molecule has 0 aromatic heterocycles. The SMILES string of the molecule is CCOC(=O)COc1cc(C2C(C(=O)OCC)=C(C)NC(C)=C2C(=O)OCC)ccc1OC. The number of carbonyl (C=O) groups excluding carboxylic acids is 3. The lowest BCUT2D eigenvalue weighted by molar-refractivity contribution is -0.145. The Kier molecular flexibility index (Phi) is 9.32. The van der Waals surface area contributed by atoms with E-state index in [9.17, 15) is 14.4 Å². The predicted octanol–water partition coefficient (Wildman–Crippen LogP) is 3.00. The highest BCUT2D eigenvalue weighted by atomic mass is 16.6. The molecule has 9 heteroatoms. The standard InChI is InChI=1S/C24H31NO8/c1-7-30-19(26)13-33-18-12-16(10-11-17(18)29-6)22-20(23(27)31-8-2)14(4)25-15(5)21(22)24(28)32-9-3/h10-12,22,25H,7-9,13H2,1-6H3. The third-order valence-corrected chi connectivity index (χ3v) is 4.92. The summed E-state index contributed by atoms with van der Waals surface area (Å²) in [4.78, 5) is 37.6. The number of benzene rings is 1. The summed E-state index contributed by atoms with van der Waals surface area (Å²) >= 11 is 0. The summed E-state index contributed by atoms with van der Waals surface area (Å²) in [6.45, 7) is 8.87. The van der Waals surface area contributed by atoms with Gasteiger partial charge in [0.05, 0.1) is 44.0 Å². The van der Waals surface area contributed by atoms with Crippen LogP contribution in [0.2, 0.25) is 0 Å². The van der Waals surface area contributed by atoms with Crippen molar-refractivity contribution in [2.75, 3.05) is 33.5 Å². The van der Waals surface area contributed by atoms with Gasteiger partial charge in [-0.2, -0.15) is 0 Å². The molecule has 0 aliphatic carbocycles. The molecule has 0 bridgehead atoms. The first kappa shape index (κ1) is 25.8. The first-order chi connectivity index (χ1) is 15.8. The number of esters is 3. The van der Waals surface area contributed by atoms with Gasteiger partial charge in [0.25, 0.3) is 0 Å². The van der Waals surface area contributed by atoms with Crippen LogP contribution in [0, 0.1) is 0 Å². The van der Waals surface area contributed by atoms with Crippen LogP contribution < -0.4 is 14.8 Å². The Morgan fingerprint density at radius 1 is 0.848 bits per heavy atom. The van der Waals surface area contributed by atoms with Gasteiger partial charge < -0.3 is 29.0 Å². The summed E-state index contributed by atoms with van der Waals surface area (Å²) in [6, 6.07) is 5.01. The number of rotatable bonds is 10. The Morgan fingerprint density at radius 3 is 1.88 bits per heavy atom. The van der Waals surface area contributed by atoms with Gasteiger partial charge in [-0.15, -0.1) is 0 Å². The molecule has 1 aromatic carbocycles. The Hall–Kier alpha value is -3.49. The molecule has 1 heterocycles. The lowest BCUT2D eigenvalue weighted by Crippen LogP contribution is -2.32. The fraction of sp³-hybridized carbons (Fsp3) is 0.458. The van der Waals surface area contributed by atoms with E-state index >= 15 is 0 Å². The van der Waals surface area contributed by atoms with Crippen molar-refractivity contribution < 1.29 is 38.1 Å². The van der Waals surface area contributed by atoms with Crippen LogP contribution in [0.1, 0.15) is 46.1 Å². The van der Waals surface area contributed by atoms with Gasteiger partial charge >= 0.3 is 17.9 Å². The molecule has 0 radical (unpaired) electrons. The molecule has 1 aliphatic rings. The van der Waals surface area contributed by atoms with Crippen LogP contribution in [0.5, 0.6) is 11.5 Å². The maximum Gasteiger partial charge on any atom is 0.344 e. The van der Waals surface area contributed by atoms with Crippen LogP contribution in [-0.4, -0.2) is 51.4 Å².